The van der Waals surface area contributed by atoms with Gasteiger partial charge in [0.2, 0.25) is 0 Å². The van der Waals surface area contributed by atoms with E-state index in [2.05, 4.69) is 0 Å². The highest BCUT2D eigenvalue weighted by atomic mass is 19.3. The average molecular weight is 237 g/mol. The molecule has 0 aliphatic carbocycles. The van der Waals surface area contributed by atoms with Crippen LogP contribution in [-0.2, 0) is 6.42 Å². The molecule has 90 valence electrons. The molecule has 1 aromatic rings. The molecule has 6 heteroatoms. The number of halogens is 4. The molecule has 0 saturated carbocycles. The first-order chi connectivity index (χ1) is 7.45. The predicted octanol–water partition coefficient (Wildman–Crippen LogP) is 2.11. The number of hydrogen-bond donors (Lipinski definition) is 1. The van der Waals surface area contributed by atoms with Crippen LogP contribution in [0.25, 0.3) is 0 Å². The molecule has 0 heterocycles. The van der Waals surface area contributed by atoms with E-state index in [9.17, 15) is 17.6 Å². The Balaban J connectivity index is 3.02. The normalized spacial score (nSPS) is 12.9. The summed E-state index contributed by atoms with van der Waals surface area (Å²) in [6.45, 7) is 0. The molecule has 0 aliphatic heterocycles. The fourth-order valence-electron chi connectivity index (χ4n) is 1.28. The van der Waals surface area contributed by atoms with Crippen LogP contribution in [0.2, 0.25) is 0 Å². The molecule has 1 aromatic carbocycles. The van der Waals surface area contributed by atoms with Crippen LogP contribution < -0.4 is 10.5 Å². The number of hydrogen-bond acceptors (Lipinski definition) is 2. The maximum absolute atomic E-state index is 13.3. The van der Waals surface area contributed by atoms with E-state index in [4.69, 9.17) is 10.5 Å². The molecule has 0 aromatic heterocycles. The quantitative estimate of drug-likeness (QED) is 0.814. The van der Waals surface area contributed by atoms with Crippen LogP contribution in [0.5, 0.6) is 5.75 Å². The summed E-state index contributed by atoms with van der Waals surface area (Å²) in [5, 5.41) is 0. The van der Waals surface area contributed by atoms with Gasteiger partial charge in [-0.1, -0.05) is 0 Å². The molecular formula is C10H11F4NO. The fourth-order valence-corrected chi connectivity index (χ4v) is 1.28. The van der Waals surface area contributed by atoms with E-state index in [0.29, 0.717) is 6.07 Å². The molecule has 0 radical (unpaired) electrons. The lowest BCUT2D eigenvalue weighted by molar-refractivity contribution is 0.115. The topological polar surface area (TPSA) is 35.2 Å². The SMILES string of the molecule is COc1cc(F)cc(F)c1CC(N)C(F)F. The highest BCUT2D eigenvalue weighted by Gasteiger charge is 2.21. The zero-order valence-electron chi connectivity index (χ0n) is 8.51. The third-order valence-corrected chi connectivity index (χ3v) is 2.10. The van der Waals surface area contributed by atoms with Crippen molar-refractivity contribution < 1.29 is 22.3 Å². The molecule has 0 aliphatic rings. The van der Waals surface area contributed by atoms with Crippen molar-refractivity contribution in [1.82, 2.24) is 0 Å². The summed E-state index contributed by atoms with van der Waals surface area (Å²) >= 11 is 0. The van der Waals surface area contributed by atoms with Crippen molar-refractivity contribution in [1.29, 1.82) is 0 Å². The first-order valence-electron chi connectivity index (χ1n) is 4.51. The van der Waals surface area contributed by atoms with Crippen LogP contribution >= 0.6 is 0 Å². The number of nitrogens with two attached hydrogens (primary N) is 1. The summed E-state index contributed by atoms with van der Waals surface area (Å²) < 4.78 is 55.2. The molecule has 16 heavy (non-hydrogen) atoms. The van der Waals surface area contributed by atoms with Crippen LogP contribution in [0, 0.1) is 11.6 Å². The van der Waals surface area contributed by atoms with E-state index in [0.717, 1.165) is 6.07 Å². The minimum atomic E-state index is -2.77. The second-order valence-electron chi connectivity index (χ2n) is 3.27. The van der Waals surface area contributed by atoms with E-state index in [-0.39, 0.29) is 11.3 Å². The maximum atomic E-state index is 13.3. The van der Waals surface area contributed by atoms with E-state index in [1.807, 2.05) is 0 Å². The molecule has 0 saturated heterocycles. The van der Waals surface area contributed by atoms with E-state index >= 15 is 0 Å². The van der Waals surface area contributed by atoms with Crippen LogP contribution in [0.3, 0.4) is 0 Å². The maximum Gasteiger partial charge on any atom is 0.253 e. The zero-order chi connectivity index (χ0) is 12.3. The number of methoxy groups -OCH3 is 1. The van der Waals surface area contributed by atoms with Crippen molar-refractivity contribution in [3.05, 3.63) is 29.3 Å². The van der Waals surface area contributed by atoms with Gasteiger partial charge in [0.25, 0.3) is 6.43 Å². The summed E-state index contributed by atoms with van der Waals surface area (Å²) in [6.07, 6.45) is -3.18. The van der Waals surface area contributed by atoms with Gasteiger partial charge in [-0.05, 0) is 6.42 Å². The van der Waals surface area contributed by atoms with Crippen molar-refractivity contribution in [3.8, 4) is 5.75 Å². The van der Waals surface area contributed by atoms with E-state index in [1.54, 1.807) is 0 Å². The summed E-state index contributed by atoms with van der Waals surface area (Å²) in [7, 11) is 1.20. The van der Waals surface area contributed by atoms with Gasteiger partial charge in [0.1, 0.15) is 17.4 Å². The predicted molar refractivity (Wildman–Crippen MR) is 50.6 cm³/mol. The number of rotatable bonds is 4. The summed E-state index contributed by atoms with van der Waals surface area (Å²) in [5.41, 5.74) is 4.97. The summed E-state index contributed by atoms with van der Waals surface area (Å²) in [4.78, 5) is 0. The molecule has 0 spiro atoms. The molecule has 1 rings (SSSR count). The van der Waals surface area contributed by atoms with Gasteiger partial charge in [0.15, 0.2) is 0 Å². The molecular weight excluding hydrogens is 226 g/mol. The second kappa shape index (κ2) is 5.16. The highest BCUT2D eigenvalue weighted by molar-refractivity contribution is 5.36. The van der Waals surface area contributed by atoms with Gasteiger partial charge in [-0.2, -0.15) is 0 Å². The smallest absolute Gasteiger partial charge is 0.253 e. The van der Waals surface area contributed by atoms with Gasteiger partial charge < -0.3 is 10.5 Å². The molecule has 1 unspecified atom stereocenters. The minimum Gasteiger partial charge on any atom is -0.496 e. The van der Waals surface area contributed by atoms with E-state index < -0.39 is 30.5 Å². The van der Waals surface area contributed by atoms with Gasteiger partial charge in [-0.3, -0.25) is 0 Å². The molecule has 1 atom stereocenters. The van der Waals surface area contributed by atoms with Crippen molar-refractivity contribution in [2.45, 2.75) is 18.9 Å². The van der Waals surface area contributed by atoms with Crippen LogP contribution in [0.1, 0.15) is 5.56 Å². The highest BCUT2D eigenvalue weighted by Crippen LogP contribution is 2.25. The van der Waals surface area contributed by atoms with Gasteiger partial charge in [0.05, 0.1) is 13.2 Å². The Kier molecular flexibility index (Phi) is 4.12. The lowest BCUT2D eigenvalue weighted by Crippen LogP contribution is -2.31. The standard InChI is InChI=1S/C10H11F4NO/c1-16-9-3-5(11)2-7(12)6(9)4-8(15)10(13)14/h2-3,8,10H,4,15H2,1H3. The molecule has 0 fully saturated rings. The Bertz CT molecular complexity index is 370. The molecule has 0 bridgehead atoms. The molecule has 2 N–H and O–H groups in total. The Labute approximate surface area is 90.0 Å². The monoisotopic (exact) mass is 237 g/mol. The third kappa shape index (κ3) is 2.85. The van der Waals surface area contributed by atoms with Crippen molar-refractivity contribution >= 4 is 0 Å². The van der Waals surface area contributed by atoms with Crippen molar-refractivity contribution in [3.63, 3.8) is 0 Å². The number of benzene rings is 1. The Morgan fingerprint density at radius 3 is 2.44 bits per heavy atom. The first kappa shape index (κ1) is 12.8. The fraction of sp³-hybridized carbons (Fsp3) is 0.400. The Morgan fingerprint density at radius 1 is 1.31 bits per heavy atom. The number of ether oxygens (including phenoxy) is 1. The van der Waals surface area contributed by atoms with Gasteiger partial charge in [-0.25, -0.2) is 17.6 Å². The zero-order valence-corrected chi connectivity index (χ0v) is 8.51. The third-order valence-electron chi connectivity index (χ3n) is 2.10. The molecule has 0 amide bonds. The Morgan fingerprint density at radius 2 is 1.94 bits per heavy atom. The van der Waals surface area contributed by atoms with Crippen molar-refractivity contribution in [2.24, 2.45) is 5.73 Å². The summed E-state index contributed by atoms with van der Waals surface area (Å²) in [5.74, 6) is -1.88. The van der Waals surface area contributed by atoms with Crippen molar-refractivity contribution in [2.75, 3.05) is 7.11 Å². The van der Waals surface area contributed by atoms with Gasteiger partial charge >= 0.3 is 0 Å². The van der Waals surface area contributed by atoms with Gasteiger partial charge in [0, 0.05) is 17.7 Å². The van der Waals surface area contributed by atoms with Crippen LogP contribution in [0.15, 0.2) is 12.1 Å². The Hall–Kier alpha value is -1.30. The van der Waals surface area contributed by atoms with Gasteiger partial charge in [-0.15, -0.1) is 0 Å². The number of alkyl halides is 2. The minimum absolute atomic E-state index is 0.117. The first-order valence-corrected chi connectivity index (χ1v) is 4.51. The van der Waals surface area contributed by atoms with E-state index in [1.165, 1.54) is 7.11 Å². The largest absolute Gasteiger partial charge is 0.496 e. The summed E-state index contributed by atoms with van der Waals surface area (Å²) in [6, 6.07) is 0.0287. The van der Waals surface area contributed by atoms with Crippen LogP contribution in [-0.4, -0.2) is 19.6 Å². The molecule has 2 nitrogen and oxygen atoms in total. The van der Waals surface area contributed by atoms with Crippen LogP contribution in [0.4, 0.5) is 17.6 Å². The lowest BCUT2D eigenvalue weighted by atomic mass is 10.0. The lowest BCUT2D eigenvalue weighted by Gasteiger charge is -2.14. The average Bonchev–Trinajstić information content (AvgIpc) is 2.21. The second-order valence-corrected chi connectivity index (χ2v) is 3.27.